The van der Waals surface area contributed by atoms with E-state index in [1.807, 2.05) is 0 Å². The summed E-state index contributed by atoms with van der Waals surface area (Å²) in [5.41, 5.74) is -0.913. The number of hydrogen-bond acceptors (Lipinski definition) is 4. The quantitative estimate of drug-likeness (QED) is 0.374. The summed E-state index contributed by atoms with van der Waals surface area (Å²) in [6.07, 6.45) is 1.06. The maximum absolute atomic E-state index is 13.6. The van der Waals surface area contributed by atoms with Crippen molar-refractivity contribution in [3.05, 3.63) is 58.7 Å². The lowest BCUT2D eigenvalue weighted by molar-refractivity contribution is 0.287. The van der Waals surface area contributed by atoms with Crippen molar-refractivity contribution in [3.8, 4) is 17.6 Å². The Bertz CT molecular complexity index is 787. The zero-order valence-electron chi connectivity index (χ0n) is 11.6. The third kappa shape index (κ3) is 3.23. The molecule has 0 aliphatic rings. The normalized spacial score (nSPS) is 10.6. The number of benzene rings is 2. The maximum Gasteiger partial charge on any atom is 0.235 e. The molecule has 0 atom stereocenters. The summed E-state index contributed by atoms with van der Waals surface area (Å²) in [4.78, 5) is 4.40. The Labute approximate surface area is 128 Å². The van der Waals surface area contributed by atoms with Gasteiger partial charge in [-0.05, 0) is 17.7 Å². The molecule has 0 N–H and O–H groups in total. The average Bonchev–Trinajstić information content (AvgIpc) is 2.57. The molecule has 0 aliphatic heterocycles. The minimum absolute atomic E-state index is 0.458. The Morgan fingerprint density at radius 3 is 2.30 bits per heavy atom. The average molecular weight is 324 g/mol. The molecule has 0 heterocycles. The highest BCUT2D eigenvalue weighted by Crippen LogP contribution is 2.29. The first-order valence-electron chi connectivity index (χ1n) is 6.10. The first kappa shape index (κ1) is 16.3. The largest absolute Gasteiger partial charge is 0.497 e. The van der Waals surface area contributed by atoms with Crippen LogP contribution in [0, 0.1) is 34.6 Å². The number of nitrogens with zero attached hydrogens (tertiary/aromatic N) is 2. The van der Waals surface area contributed by atoms with Crippen molar-refractivity contribution in [1.29, 1.82) is 5.26 Å². The van der Waals surface area contributed by atoms with Gasteiger partial charge in [0.15, 0.2) is 11.6 Å². The van der Waals surface area contributed by atoms with Crippen LogP contribution in [0.4, 0.5) is 17.6 Å². The number of halogens is 4. The molecule has 0 radical (unpaired) electrons. The van der Waals surface area contributed by atoms with E-state index in [1.54, 1.807) is 24.3 Å². The van der Waals surface area contributed by atoms with Gasteiger partial charge in [-0.25, -0.2) is 8.78 Å². The Hall–Kier alpha value is -3.08. The molecule has 0 aliphatic carbocycles. The molecule has 2 rings (SSSR count). The fourth-order valence-electron chi connectivity index (χ4n) is 1.65. The van der Waals surface area contributed by atoms with Crippen molar-refractivity contribution in [3.63, 3.8) is 0 Å². The minimum Gasteiger partial charge on any atom is -0.497 e. The Morgan fingerprint density at radius 1 is 1.09 bits per heavy atom. The summed E-state index contributed by atoms with van der Waals surface area (Å²) in [6.45, 7) is 0. The Kier molecular flexibility index (Phi) is 4.81. The SMILES string of the molecule is COc1cccc(/C=N/Oc2c(F)c(F)c(C#N)c(F)c2F)c1. The van der Waals surface area contributed by atoms with Crippen LogP contribution in [-0.2, 0) is 0 Å². The lowest BCUT2D eigenvalue weighted by atomic mass is 10.2. The van der Waals surface area contributed by atoms with E-state index in [1.165, 1.54) is 7.11 Å². The van der Waals surface area contributed by atoms with Crippen LogP contribution in [0.25, 0.3) is 0 Å². The summed E-state index contributed by atoms with van der Waals surface area (Å²) in [5, 5.41) is 11.7. The molecule has 0 unspecified atom stereocenters. The van der Waals surface area contributed by atoms with Gasteiger partial charge in [-0.3, -0.25) is 0 Å². The van der Waals surface area contributed by atoms with Gasteiger partial charge in [0.25, 0.3) is 0 Å². The highest BCUT2D eigenvalue weighted by atomic mass is 19.2. The van der Waals surface area contributed by atoms with Crippen molar-refractivity contribution in [1.82, 2.24) is 0 Å². The van der Waals surface area contributed by atoms with Gasteiger partial charge in [0.05, 0.1) is 13.3 Å². The summed E-state index contributed by atoms with van der Waals surface area (Å²) in [7, 11) is 1.44. The molecule has 0 bridgehead atoms. The van der Waals surface area contributed by atoms with Crippen molar-refractivity contribution in [2.24, 2.45) is 5.16 Å². The maximum atomic E-state index is 13.6. The number of hydrogen-bond donors (Lipinski definition) is 0. The van der Waals surface area contributed by atoms with E-state index in [2.05, 4.69) is 9.99 Å². The molecule has 2 aromatic carbocycles. The second-order valence-electron chi connectivity index (χ2n) is 4.17. The van der Waals surface area contributed by atoms with E-state index in [4.69, 9.17) is 10.00 Å². The zero-order valence-corrected chi connectivity index (χ0v) is 11.6. The van der Waals surface area contributed by atoms with E-state index in [0.29, 0.717) is 11.3 Å². The van der Waals surface area contributed by atoms with Gasteiger partial charge < -0.3 is 9.57 Å². The van der Waals surface area contributed by atoms with Crippen molar-refractivity contribution in [2.75, 3.05) is 7.11 Å². The molecule has 23 heavy (non-hydrogen) atoms. The number of ether oxygens (including phenoxy) is 1. The van der Waals surface area contributed by atoms with Gasteiger partial charge in [0.1, 0.15) is 17.4 Å². The molecule has 0 spiro atoms. The summed E-state index contributed by atoms with van der Waals surface area (Å²) < 4.78 is 58.9. The van der Waals surface area contributed by atoms with Gasteiger partial charge in [0, 0.05) is 0 Å². The fourth-order valence-corrected chi connectivity index (χ4v) is 1.65. The van der Waals surface area contributed by atoms with Crippen LogP contribution in [0.5, 0.6) is 11.5 Å². The predicted octanol–water partition coefficient (Wildman–Crippen LogP) is 3.54. The Balaban J connectivity index is 2.31. The smallest absolute Gasteiger partial charge is 0.235 e. The molecule has 0 fully saturated rings. The van der Waals surface area contributed by atoms with Gasteiger partial charge in [-0.15, -0.1) is 0 Å². The number of oxime groups is 1. The van der Waals surface area contributed by atoms with E-state index in [0.717, 1.165) is 12.3 Å². The molecule has 8 heteroatoms. The number of nitriles is 1. The first-order chi connectivity index (χ1) is 11.0. The van der Waals surface area contributed by atoms with E-state index >= 15 is 0 Å². The molecule has 0 amide bonds. The van der Waals surface area contributed by atoms with Gasteiger partial charge in [-0.2, -0.15) is 14.0 Å². The van der Waals surface area contributed by atoms with Crippen LogP contribution in [-0.4, -0.2) is 13.3 Å². The molecule has 0 saturated heterocycles. The molecule has 0 aromatic heterocycles. The zero-order chi connectivity index (χ0) is 17.0. The van der Waals surface area contributed by atoms with Crippen LogP contribution < -0.4 is 9.57 Å². The van der Waals surface area contributed by atoms with Crippen LogP contribution in [0.15, 0.2) is 29.4 Å². The van der Waals surface area contributed by atoms with Crippen LogP contribution in [0.2, 0.25) is 0 Å². The Morgan fingerprint density at radius 2 is 1.74 bits per heavy atom. The lowest BCUT2D eigenvalue weighted by Gasteiger charge is -2.06. The highest BCUT2D eigenvalue weighted by Gasteiger charge is 2.27. The standard InChI is InChI=1S/C15H8F4N2O2/c1-22-9-4-2-3-8(5-9)7-21-23-15-13(18)11(16)10(6-20)12(17)14(15)19/h2-5,7H,1H3/b21-7+. The third-order valence-corrected chi connectivity index (χ3v) is 2.77. The monoisotopic (exact) mass is 324 g/mol. The summed E-state index contributed by atoms with van der Waals surface area (Å²) in [5.74, 6) is -8.26. The van der Waals surface area contributed by atoms with Gasteiger partial charge in [0.2, 0.25) is 17.4 Å². The van der Waals surface area contributed by atoms with Crippen molar-refractivity contribution in [2.45, 2.75) is 0 Å². The molecule has 0 saturated carbocycles. The van der Waals surface area contributed by atoms with Crippen LogP contribution in [0.3, 0.4) is 0 Å². The topological polar surface area (TPSA) is 54.6 Å². The van der Waals surface area contributed by atoms with Crippen molar-refractivity contribution >= 4 is 6.21 Å². The summed E-state index contributed by atoms with van der Waals surface area (Å²) >= 11 is 0. The predicted molar refractivity (Wildman–Crippen MR) is 72.2 cm³/mol. The number of methoxy groups -OCH3 is 1. The van der Waals surface area contributed by atoms with Gasteiger partial charge >= 0.3 is 0 Å². The highest BCUT2D eigenvalue weighted by molar-refractivity contribution is 5.79. The van der Waals surface area contributed by atoms with Crippen LogP contribution >= 0.6 is 0 Å². The lowest BCUT2D eigenvalue weighted by Crippen LogP contribution is -2.04. The summed E-state index contributed by atoms with van der Waals surface area (Å²) in [6, 6.07) is 7.44. The number of rotatable bonds is 4. The molecule has 4 nitrogen and oxygen atoms in total. The van der Waals surface area contributed by atoms with Crippen molar-refractivity contribution < 1.29 is 27.1 Å². The molecule has 2 aromatic rings. The van der Waals surface area contributed by atoms with Gasteiger partial charge in [-0.1, -0.05) is 17.3 Å². The molecular formula is C15H8F4N2O2. The first-order valence-corrected chi connectivity index (χ1v) is 6.10. The van der Waals surface area contributed by atoms with E-state index in [9.17, 15) is 17.6 Å². The van der Waals surface area contributed by atoms with Crippen LogP contribution in [0.1, 0.15) is 11.1 Å². The molecule has 118 valence electrons. The van der Waals surface area contributed by atoms with E-state index in [-0.39, 0.29) is 0 Å². The van der Waals surface area contributed by atoms with E-state index < -0.39 is 34.6 Å². The second kappa shape index (κ2) is 6.79. The minimum atomic E-state index is -1.85. The fraction of sp³-hybridized carbons (Fsp3) is 0.0667. The molecular weight excluding hydrogens is 316 g/mol. The third-order valence-electron chi connectivity index (χ3n) is 2.77. The second-order valence-corrected chi connectivity index (χ2v) is 4.17.